The van der Waals surface area contributed by atoms with Crippen molar-refractivity contribution >= 4 is 50.9 Å². The van der Waals surface area contributed by atoms with Gasteiger partial charge in [-0.05, 0) is 69.8 Å². The fraction of sp³-hybridized carbons (Fsp3) is 0.652. The Hall–Kier alpha value is -1.46. The van der Waals surface area contributed by atoms with E-state index < -0.39 is 16.1 Å². The lowest BCUT2D eigenvalue weighted by Crippen LogP contribution is -2.55. The van der Waals surface area contributed by atoms with E-state index in [2.05, 4.69) is 9.62 Å². The van der Waals surface area contributed by atoms with Gasteiger partial charge in [-0.2, -0.15) is 4.72 Å². The molecular formula is C23H33ClN4O4S2. The van der Waals surface area contributed by atoms with Gasteiger partial charge in [0.25, 0.3) is 0 Å². The summed E-state index contributed by atoms with van der Waals surface area (Å²) >= 11 is 7.15. The van der Waals surface area contributed by atoms with Gasteiger partial charge in [-0.3, -0.25) is 9.59 Å². The highest BCUT2D eigenvalue weighted by Gasteiger charge is 2.35. The molecule has 0 bridgehead atoms. The van der Waals surface area contributed by atoms with Gasteiger partial charge < -0.3 is 14.7 Å². The number of piperidine rings is 2. The van der Waals surface area contributed by atoms with Crippen LogP contribution < -0.4 is 4.72 Å². The van der Waals surface area contributed by atoms with Crippen molar-refractivity contribution in [2.24, 2.45) is 0 Å². The van der Waals surface area contributed by atoms with Gasteiger partial charge in [0.15, 0.2) is 0 Å². The first-order valence-electron chi connectivity index (χ1n) is 12.1. The maximum absolute atomic E-state index is 13.1. The first-order valence-corrected chi connectivity index (χ1v) is 14.8. The number of hydrogen-bond acceptors (Lipinski definition) is 6. The predicted molar refractivity (Wildman–Crippen MR) is 135 cm³/mol. The van der Waals surface area contributed by atoms with Gasteiger partial charge in [0.05, 0.1) is 10.9 Å². The largest absolute Gasteiger partial charge is 0.337 e. The summed E-state index contributed by atoms with van der Waals surface area (Å²) in [5.41, 5.74) is 0. The Morgan fingerprint density at radius 2 is 1.85 bits per heavy atom. The molecule has 2 amide bonds. The number of carbonyl (C=O) groups is 2. The molecule has 2 unspecified atom stereocenters. The molecule has 188 valence electrons. The number of halogens is 1. The monoisotopic (exact) mass is 528 g/mol. The minimum atomic E-state index is -3.81. The second-order valence-electron chi connectivity index (χ2n) is 9.31. The Morgan fingerprint density at radius 1 is 1.09 bits per heavy atom. The zero-order chi connectivity index (χ0) is 24.1. The smallest absolute Gasteiger partial charge is 0.242 e. The fourth-order valence-corrected chi connectivity index (χ4v) is 7.14. The number of rotatable bonds is 8. The highest BCUT2D eigenvalue weighted by Crippen LogP contribution is 2.23. The van der Waals surface area contributed by atoms with Crippen molar-refractivity contribution in [1.29, 1.82) is 0 Å². The number of hydrogen-bond donors (Lipinski definition) is 1. The van der Waals surface area contributed by atoms with Crippen LogP contribution in [-0.4, -0.2) is 86.3 Å². The number of sulfonamides is 1. The van der Waals surface area contributed by atoms with E-state index in [0.717, 1.165) is 44.4 Å². The lowest BCUT2D eigenvalue weighted by molar-refractivity contribution is -0.143. The summed E-state index contributed by atoms with van der Waals surface area (Å²) in [5, 5.41) is 1.06. The maximum Gasteiger partial charge on any atom is 0.242 e. The van der Waals surface area contributed by atoms with E-state index in [1.165, 1.54) is 41.6 Å². The molecule has 1 aromatic heterocycles. The lowest BCUT2D eigenvalue weighted by Gasteiger charge is -2.36. The van der Waals surface area contributed by atoms with E-state index in [0.29, 0.717) is 28.6 Å². The van der Waals surface area contributed by atoms with Gasteiger partial charge in [-0.25, -0.2) is 8.42 Å². The van der Waals surface area contributed by atoms with Gasteiger partial charge in [0.1, 0.15) is 6.04 Å². The summed E-state index contributed by atoms with van der Waals surface area (Å²) in [6.07, 6.45) is 8.24. The number of thiophene rings is 1. The van der Waals surface area contributed by atoms with Crippen molar-refractivity contribution in [3.63, 3.8) is 0 Å². The minimum absolute atomic E-state index is 0.0110. The van der Waals surface area contributed by atoms with Crippen molar-refractivity contribution in [3.8, 4) is 0 Å². The SMILES string of the molecule is O=C1C(NS(=O)(=O)/C=C/c2ccc(Cl)s2)CCCN1CC(=O)N1CCCC1CN1CCCCC1. The van der Waals surface area contributed by atoms with Gasteiger partial charge in [0.2, 0.25) is 21.8 Å². The van der Waals surface area contributed by atoms with E-state index >= 15 is 0 Å². The Balaban J connectivity index is 1.32. The van der Waals surface area contributed by atoms with Crippen molar-refractivity contribution in [1.82, 2.24) is 19.4 Å². The topological polar surface area (TPSA) is 90.0 Å². The molecule has 0 aliphatic carbocycles. The highest BCUT2D eigenvalue weighted by molar-refractivity contribution is 7.92. The molecule has 4 rings (SSSR count). The molecule has 3 aliphatic heterocycles. The quantitative estimate of drug-likeness (QED) is 0.560. The highest BCUT2D eigenvalue weighted by atomic mass is 35.5. The van der Waals surface area contributed by atoms with Crippen molar-refractivity contribution < 1.29 is 18.0 Å². The molecular weight excluding hydrogens is 496 g/mol. The Morgan fingerprint density at radius 3 is 2.59 bits per heavy atom. The molecule has 4 heterocycles. The molecule has 8 nitrogen and oxygen atoms in total. The van der Waals surface area contributed by atoms with E-state index in [1.807, 2.05) is 4.90 Å². The number of likely N-dealkylation sites (tertiary alicyclic amines) is 3. The van der Waals surface area contributed by atoms with E-state index in [9.17, 15) is 18.0 Å². The van der Waals surface area contributed by atoms with Crippen molar-refractivity contribution in [3.05, 3.63) is 26.8 Å². The molecule has 1 N–H and O–H groups in total. The third kappa shape index (κ3) is 6.81. The first kappa shape index (κ1) is 25.6. The van der Waals surface area contributed by atoms with Crippen molar-refractivity contribution in [2.45, 2.75) is 57.0 Å². The van der Waals surface area contributed by atoms with Crippen LogP contribution in [0.2, 0.25) is 4.34 Å². The summed E-state index contributed by atoms with van der Waals surface area (Å²) in [5.74, 6) is -0.367. The Labute approximate surface area is 211 Å². The van der Waals surface area contributed by atoms with Gasteiger partial charge in [-0.15, -0.1) is 11.3 Å². The van der Waals surface area contributed by atoms with Crippen LogP contribution in [0.15, 0.2) is 17.5 Å². The Bertz CT molecular complexity index is 1010. The van der Waals surface area contributed by atoms with Crippen LogP contribution in [0.25, 0.3) is 6.08 Å². The molecule has 34 heavy (non-hydrogen) atoms. The molecule has 11 heteroatoms. The molecule has 3 saturated heterocycles. The summed E-state index contributed by atoms with van der Waals surface area (Å²) in [4.78, 5) is 32.7. The zero-order valence-corrected chi connectivity index (χ0v) is 21.7. The second-order valence-corrected chi connectivity index (χ2v) is 12.7. The lowest BCUT2D eigenvalue weighted by atomic mass is 10.1. The molecule has 3 aliphatic rings. The second kappa shape index (κ2) is 11.5. The molecule has 3 fully saturated rings. The number of nitrogens with zero attached hydrogens (tertiary/aromatic N) is 3. The van der Waals surface area contributed by atoms with Crippen LogP contribution in [-0.2, 0) is 19.6 Å². The van der Waals surface area contributed by atoms with Gasteiger partial charge >= 0.3 is 0 Å². The molecule has 0 spiro atoms. The zero-order valence-electron chi connectivity index (χ0n) is 19.3. The average Bonchev–Trinajstić information content (AvgIpc) is 3.44. The molecule has 1 aromatic rings. The molecule has 0 radical (unpaired) electrons. The summed E-state index contributed by atoms with van der Waals surface area (Å²) in [7, 11) is -3.81. The molecule has 0 saturated carbocycles. The summed E-state index contributed by atoms with van der Waals surface area (Å²) < 4.78 is 28.1. The van der Waals surface area contributed by atoms with Crippen LogP contribution in [0.5, 0.6) is 0 Å². The van der Waals surface area contributed by atoms with Crippen LogP contribution in [0.4, 0.5) is 0 Å². The third-order valence-corrected chi connectivity index (χ3v) is 9.09. The molecule has 2 atom stereocenters. The summed E-state index contributed by atoms with van der Waals surface area (Å²) in [6.45, 7) is 4.31. The van der Waals surface area contributed by atoms with E-state index in [-0.39, 0.29) is 24.4 Å². The first-order chi connectivity index (χ1) is 16.3. The van der Waals surface area contributed by atoms with Crippen LogP contribution in [0.1, 0.15) is 49.8 Å². The average molecular weight is 529 g/mol. The predicted octanol–water partition coefficient (Wildman–Crippen LogP) is 2.76. The summed E-state index contributed by atoms with van der Waals surface area (Å²) in [6, 6.07) is 2.78. The van der Waals surface area contributed by atoms with Crippen LogP contribution >= 0.6 is 22.9 Å². The van der Waals surface area contributed by atoms with Gasteiger partial charge in [0, 0.05) is 36.0 Å². The number of amides is 2. The molecule has 0 aromatic carbocycles. The fourth-order valence-electron chi connectivity index (χ4n) is 5.07. The Kier molecular flexibility index (Phi) is 8.68. The minimum Gasteiger partial charge on any atom is -0.337 e. The standard InChI is InChI=1S/C23H33ClN4O4S2/c24-21-9-8-19(33-21)10-15-34(31,32)25-20-7-5-13-27(23(20)30)17-22(29)28-14-4-6-18(28)16-26-11-2-1-3-12-26/h8-10,15,18,20,25H,1-7,11-14,16-17H2/b15-10+. The number of nitrogens with one attached hydrogen (secondary N) is 1. The van der Waals surface area contributed by atoms with E-state index in [1.54, 1.807) is 12.1 Å². The number of carbonyl (C=O) groups excluding carboxylic acids is 2. The van der Waals surface area contributed by atoms with Crippen LogP contribution in [0, 0.1) is 0 Å². The van der Waals surface area contributed by atoms with Crippen molar-refractivity contribution in [2.75, 3.05) is 39.3 Å². The van der Waals surface area contributed by atoms with Crippen LogP contribution in [0.3, 0.4) is 0 Å². The van der Waals surface area contributed by atoms with E-state index in [4.69, 9.17) is 11.6 Å². The normalized spacial score (nSPS) is 24.9. The third-order valence-electron chi connectivity index (χ3n) is 6.78. The van der Waals surface area contributed by atoms with Gasteiger partial charge in [-0.1, -0.05) is 18.0 Å². The maximum atomic E-state index is 13.1.